The minimum atomic E-state index is -0.527. The highest BCUT2D eigenvalue weighted by Gasteiger charge is 2.16. The number of hydrogen-bond donors (Lipinski definition) is 0. The van der Waals surface area contributed by atoms with Gasteiger partial charge in [-0.3, -0.25) is 14.9 Å². The van der Waals surface area contributed by atoms with Crippen molar-refractivity contribution >= 4 is 34.7 Å². The summed E-state index contributed by atoms with van der Waals surface area (Å²) in [7, 11) is 0. The van der Waals surface area contributed by atoms with E-state index in [9.17, 15) is 14.9 Å². The zero-order valence-electron chi connectivity index (χ0n) is 11.5. The molecule has 0 N–H and O–H groups in total. The number of carbonyl (C=O) groups excluding carboxylic acids is 1. The van der Waals surface area contributed by atoms with Gasteiger partial charge in [0.15, 0.2) is 12.4 Å². The second kappa shape index (κ2) is 6.77. The minimum absolute atomic E-state index is 0.105. The standard InChI is InChI=1S/C15H11Cl2NO4/c1-9-5-6-10(7-12(9)18(20)21)13(19)8-22-14-4-2-3-11(16)15(14)17/h2-7H,8H2,1H3. The van der Waals surface area contributed by atoms with Crippen LogP contribution in [0, 0.1) is 17.0 Å². The highest BCUT2D eigenvalue weighted by molar-refractivity contribution is 6.42. The molecule has 7 heteroatoms. The van der Waals surface area contributed by atoms with Crippen LogP contribution in [0.5, 0.6) is 5.75 Å². The van der Waals surface area contributed by atoms with Crippen molar-refractivity contribution in [3.05, 3.63) is 67.7 Å². The van der Waals surface area contributed by atoms with Crippen molar-refractivity contribution in [3.8, 4) is 5.75 Å². The molecule has 22 heavy (non-hydrogen) atoms. The summed E-state index contributed by atoms with van der Waals surface area (Å²) < 4.78 is 5.33. The number of hydrogen-bond acceptors (Lipinski definition) is 4. The molecule has 0 aromatic heterocycles. The Kier molecular flexibility index (Phi) is 5.00. The van der Waals surface area contributed by atoms with Gasteiger partial charge in [0.25, 0.3) is 5.69 Å². The second-order valence-corrected chi connectivity index (χ2v) is 5.31. The summed E-state index contributed by atoms with van der Waals surface area (Å²) in [5, 5.41) is 11.4. The quantitative estimate of drug-likeness (QED) is 0.457. The van der Waals surface area contributed by atoms with Crippen LogP contribution in [0.4, 0.5) is 5.69 Å². The van der Waals surface area contributed by atoms with Gasteiger partial charge in [-0.15, -0.1) is 0 Å². The number of halogens is 2. The smallest absolute Gasteiger partial charge is 0.273 e. The van der Waals surface area contributed by atoms with E-state index in [-0.39, 0.29) is 34.4 Å². The number of Topliss-reactive ketones (excluding diaryl/α,β-unsaturated/α-hetero) is 1. The molecular weight excluding hydrogens is 329 g/mol. The molecule has 5 nitrogen and oxygen atoms in total. The molecule has 0 bridgehead atoms. The highest BCUT2D eigenvalue weighted by Crippen LogP contribution is 2.31. The number of nitrogens with zero attached hydrogens (tertiary/aromatic N) is 1. The number of benzene rings is 2. The Hall–Kier alpha value is -2.11. The summed E-state index contributed by atoms with van der Waals surface area (Å²) >= 11 is 11.8. The van der Waals surface area contributed by atoms with Gasteiger partial charge >= 0.3 is 0 Å². The van der Waals surface area contributed by atoms with Gasteiger partial charge in [-0.25, -0.2) is 0 Å². The van der Waals surface area contributed by atoms with Crippen LogP contribution in [0.15, 0.2) is 36.4 Å². The summed E-state index contributed by atoms with van der Waals surface area (Å²) in [6.45, 7) is 1.31. The lowest BCUT2D eigenvalue weighted by Gasteiger charge is -2.08. The van der Waals surface area contributed by atoms with Gasteiger partial charge in [-0.1, -0.05) is 41.4 Å². The third kappa shape index (κ3) is 3.55. The molecule has 0 fully saturated rings. The average molecular weight is 340 g/mol. The highest BCUT2D eigenvalue weighted by atomic mass is 35.5. The zero-order valence-corrected chi connectivity index (χ0v) is 13.0. The Labute approximate surface area is 136 Å². The van der Waals surface area contributed by atoms with E-state index in [1.54, 1.807) is 25.1 Å². The van der Waals surface area contributed by atoms with Gasteiger partial charge in [0.05, 0.1) is 9.95 Å². The van der Waals surface area contributed by atoms with Gasteiger partial charge in [-0.2, -0.15) is 0 Å². The van der Waals surface area contributed by atoms with E-state index in [4.69, 9.17) is 27.9 Å². The molecule has 0 saturated heterocycles. The summed E-state index contributed by atoms with van der Waals surface area (Å²) in [5.41, 5.74) is 0.586. The van der Waals surface area contributed by atoms with Crippen molar-refractivity contribution in [1.29, 1.82) is 0 Å². The van der Waals surface area contributed by atoms with Crippen molar-refractivity contribution in [2.45, 2.75) is 6.92 Å². The molecule has 2 aromatic carbocycles. The molecule has 114 valence electrons. The molecule has 0 saturated carbocycles. The van der Waals surface area contributed by atoms with Gasteiger partial charge < -0.3 is 4.74 Å². The van der Waals surface area contributed by atoms with E-state index in [0.717, 1.165) is 0 Å². The molecular formula is C15H11Cl2NO4. The lowest BCUT2D eigenvalue weighted by molar-refractivity contribution is -0.385. The molecule has 0 aliphatic rings. The third-order valence-corrected chi connectivity index (χ3v) is 3.80. The number of ketones is 1. The molecule has 0 aliphatic heterocycles. The number of aryl methyl sites for hydroxylation is 1. The first-order valence-corrected chi connectivity index (χ1v) is 7.01. The Morgan fingerprint density at radius 2 is 2.00 bits per heavy atom. The summed E-state index contributed by atoms with van der Waals surface area (Å²) in [6.07, 6.45) is 0. The topological polar surface area (TPSA) is 69.4 Å². The third-order valence-electron chi connectivity index (χ3n) is 3.00. The number of nitro groups is 1. The SMILES string of the molecule is Cc1ccc(C(=O)COc2cccc(Cl)c2Cl)cc1[N+](=O)[O-]. The molecule has 2 rings (SSSR count). The van der Waals surface area contributed by atoms with Gasteiger partial charge in [0.1, 0.15) is 10.8 Å². The molecule has 0 spiro atoms. The maximum atomic E-state index is 12.1. The van der Waals surface area contributed by atoms with Crippen LogP contribution in [0.2, 0.25) is 10.0 Å². The van der Waals surface area contributed by atoms with Crippen LogP contribution in [0.3, 0.4) is 0 Å². The van der Waals surface area contributed by atoms with E-state index < -0.39 is 4.92 Å². The summed E-state index contributed by atoms with van der Waals surface area (Å²) in [6, 6.07) is 9.11. The number of nitro benzene ring substituents is 1. The Morgan fingerprint density at radius 3 is 2.68 bits per heavy atom. The Bertz CT molecular complexity index is 746. The number of ether oxygens (including phenoxy) is 1. The Balaban J connectivity index is 2.14. The van der Waals surface area contributed by atoms with E-state index in [1.807, 2.05) is 0 Å². The van der Waals surface area contributed by atoms with Crippen molar-refractivity contribution in [1.82, 2.24) is 0 Å². The van der Waals surface area contributed by atoms with Crippen molar-refractivity contribution in [2.24, 2.45) is 0 Å². The van der Waals surface area contributed by atoms with Gasteiger partial charge in [0, 0.05) is 17.2 Å². The molecule has 0 radical (unpaired) electrons. The first-order valence-electron chi connectivity index (χ1n) is 6.25. The lowest BCUT2D eigenvalue weighted by atomic mass is 10.1. The van der Waals surface area contributed by atoms with Gasteiger partial charge in [-0.05, 0) is 19.1 Å². The fraction of sp³-hybridized carbons (Fsp3) is 0.133. The second-order valence-electron chi connectivity index (χ2n) is 4.52. The Morgan fingerprint density at radius 1 is 1.27 bits per heavy atom. The van der Waals surface area contributed by atoms with Crippen LogP contribution in [0.25, 0.3) is 0 Å². The van der Waals surface area contributed by atoms with Crippen LogP contribution in [0.1, 0.15) is 15.9 Å². The van der Waals surface area contributed by atoms with Crippen LogP contribution < -0.4 is 4.74 Å². The van der Waals surface area contributed by atoms with Crippen LogP contribution >= 0.6 is 23.2 Å². The fourth-order valence-corrected chi connectivity index (χ4v) is 2.15. The normalized spacial score (nSPS) is 10.3. The fourth-order valence-electron chi connectivity index (χ4n) is 1.80. The van der Waals surface area contributed by atoms with Crippen LogP contribution in [-0.2, 0) is 0 Å². The minimum Gasteiger partial charge on any atom is -0.484 e. The van der Waals surface area contributed by atoms with E-state index in [2.05, 4.69) is 0 Å². The number of rotatable bonds is 5. The molecule has 0 heterocycles. The predicted octanol–water partition coefficient (Wildman–Crippen LogP) is 4.47. The molecule has 0 aliphatic carbocycles. The molecule has 0 amide bonds. The van der Waals surface area contributed by atoms with Crippen molar-refractivity contribution in [2.75, 3.05) is 6.61 Å². The first kappa shape index (κ1) is 16.3. The summed E-state index contributed by atoms with van der Waals surface area (Å²) in [4.78, 5) is 22.4. The molecule has 2 aromatic rings. The zero-order chi connectivity index (χ0) is 16.3. The first-order chi connectivity index (χ1) is 10.4. The van der Waals surface area contributed by atoms with E-state index in [0.29, 0.717) is 10.6 Å². The largest absolute Gasteiger partial charge is 0.484 e. The maximum Gasteiger partial charge on any atom is 0.273 e. The molecule has 0 unspecified atom stereocenters. The van der Waals surface area contributed by atoms with E-state index >= 15 is 0 Å². The van der Waals surface area contributed by atoms with Crippen LogP contribution in [-0.4, -0.2) is 17.3 Å². The average Bonchev–Trinajstić information content (AvgIpc) is 2.48. The maximum absolute atomic E-state index is 12.1. The van der Waals surface area contributed by atoms with Crippen molar-refractivity contribution < 1.29 is 14.5 Å². The number of carbonyl (C=O) groups is 1. The van der Waals surface area contributed by atoms with Crippen molar-refractivity contribution in [3.63, 3.8) is 0 Å². The van der Waals surface area contributed by atoms with Gasteiger partial charge in [0.2, 0.25) is 0 Å². The monoisotopic (exact) mass is 339 g/mol. The lowest BCUT2D eigenvalue weighted by Crippen LogP contribution is -2.12. The molecule has 0 atom stereocenters. The summed E-state index contributed by atoms with van der Waals surface area (Å²) in [5.74, 6) is -0.108. The van der Waals surface area contributed by atoms with E-state index in [1.165, 1.54) is 18.2 Å². The predicted molar refractivity (Wildman–Crippen MR) is 84.1 cm³/mol.